The number of benzene rings is 9. The molecule has 0 fully saturated rings. The van der Waals surface area contributed by atoms with E-state index in [0.717, 1.165) is 12.8 Å². The highest BCUT2D eigenvalue weighted by molar-refractivity contribution is 6.11. The van der Waals surface area contributed by atoms with Crippen molar-refractivity contribution in [1.29, 1.82) is 0 Å². The molecule has 0 aliphatic rings. The zero-order chi connectivity index (χ0) is 29.9. The summed E-state index contributed by atoms with van der Waals surface area (Å²) in [6.45, 7) is 2.24. The highest BCUT2D eigenvalue weighted by atomic mass is 14.2. The van der Waals surface area contributed by atoms with E-state index in [2.05, 4.69) is 159 Å². The number of fused-ring (bicyclic) bond motifs is 9. The molecule has 0 aliphatic carbocycles. The predicted octanol–water partition coefficient (Wildman–Crippen LogP) is 12.1. The highest BCUT2D eigenvalue weighted by Crippen LogP contribution is 2.35. The summed E-state index contributed by atoms with van der Waals surface area (Å²) in [4.78, 5) is 0. The monoisotopic (exact) mass is 572 g/mol. The van der Waals surface area contributed by atoms with Crippen molar-refractivity contribution in [2.45, 2.75) is 19.8 Å². The van der Waals surface area contributed by atoms with Gasteiger partial charge < -0.3 is 0 Å². The van der Waals surface area contributed by atoms with Crippen LogP contribution in [0.25, 0.3) is 64.6 Å². The van der Waals surface area contributed by atoms with Crippen LogP contribution in [-0.4, -0.2) is 0 Å². The normalized spacial score (nSPS) is 11.8. The summed E-state index contributed by atoms with van der Waals surface area (Å²) in [5.74, 6) is 0. The van der Waals surface area contributed by atoms with E-state index in [4.69, 9.17) is 0 Å². The summed E-state index contributed by atoms with van der Waals surface area (Å²) in [5, 5.41) is 15.9. The molecule has 0 amide bonds. The quantitative estimate of drug-likeness (QED) is 0.184. The lowest BCUT2D eigenvalue weighted by Crippen LogP contribution is -1.95. The summed E-state index contributed by atoms with van der Waals surface area (Å²) in [7, 11) is 0. The molecule has 0 N–H and O–H groups in total. The molecule has 0 aliphatic heterocycles. The van der Waals surface area contributed by atoms with Gasteiger partial charge in [0.05, 0.1) is 0 Å². The van der Waals surface area contributed by atoms with Crippen LogP contribution in [0.3, 0.4) is 0 Å². The van der Waals surface area contributed by atoms with E-state index < -0.39 is 0 Å². The van der Waals surface area contributed by atoms with E-state index >= 15 is 0 Å². The first-order valence-electron chi connectivity index (χ1n) is 15.9. The maximum absolute atomic E-state index is 2.46. The molecule has 0 saturated carbocycles. The molecule has 0 saturated heterocycles. The van der Waals surface area contributed by atoms with Gasteiger partial charge in [-0.15, -0.1) is 0 Å². The Bertz CT molecular complexity index is 2600. The van der Waals surface area contributed by atoms with Gasteiger partial charge in [-0.1, -0.05) is 152 Å². The minimum absolute atomic E-state index is 0.895. The molecule has 0 heterocycles. The van der Waals surface area contributed by atoms with Crippen molar-refractivity contribution in [2.75, 3.05) is 0 Å². The second kappa shape index (κ2) is 10.3. The molecule has 9 rings (SSSR count). The van der Waals surface area contributed by atoms with Gasteiger partial charge in [0.2, 0.25) is 0 Å². The lowest BCUT2D eigenvalue weighted by atomic mass is 9.89. The van der Waals surface area contributed by atoms with Gasteiger partial charge in [0, 0.05) is 0 Å². The summed E-state index contributed by atoms with van der Waals surface area (Å²) >= 11 is 0. The van der Waals surface area contributed by atoms with Crippen LogP contribution in [0, 0.1) is 6.92 Å². The second-order valence-corrected chi connectivity index (χ2v) is 12.6. The molecule has 9 aromatic rings. The fraction of sp³-hybridized carbons (Fsp3) is 0.0667. The highest BCUT2D eigenvalue weighted by Gasteiger charge is 2.13. The van der Waals surface area contributed by atoms with Gasteiger partial charge >= 0.3 is 0 Å². The Morgan fingerprint density at radius 1 is 0.311 bits per heavy atom. The van der Waals surface area contributed by atoms with Crippen LogP contribution in [0.5, 0.6) is 0 Å². The Balaban J connectivity index is 1.19. The van der Waals surface area contributed by atoms with Gasteiger partial charge in [0.1, 0.15) is 0 Å². The van der Waals surface area contributed by atoms with Gasteiger partial charge in [-0.25, -0.2) is 0 Å². The van der Waals surface area contributed by atoms with Gasteiger partial charge in [-0.05, 0) is 112 Å². The molecule has 0 heteroatoms. The zero-order valence-corrected chi connectivity index (χ0v) is 25.3. The van der Waals surface area contributed by atoms with Crippen molar-refractivity contribution >= 4 is 64.6 Å². The van der Waals surface area contributed by atoms with E-state index in [1.54, 1.807) is 0 Å². The molecule has 0 bridgehead atoms. The Hall–Kier alpha value is -5.46. The average molecular weight is 573 g/mol. The van der Waals surface area contributed by atoms with E-state index in [1.807, 2.05) is 0 Å². The third kappa shape index (κ3) is 4.37. The van der Waals surface area contributed by atoms with Crippen LogP contribution >= 0.6 is 0 Å². The van der Waals surface area contributed by atoms with E-state index in [0.29, 0.717) is 0 Å². The maximum Gasteiger partial charge on any atom is -0.00192 e. The molecular formula is C45H32. The third-order valence-corrected chi connectivity index (χ3v) is 9.79. The largest absolute Gasteiger partial charge is 0.0616 e. The SMILES string of the molecule is Cc1cc2ccccc2c2ccc(Cc3cc4ccccc4c4ccc(Cc5cc6ccccc6c6ccccc56)cc34)cc12. The lowest BCUT2D eigenvalue weighted by Gasteiger charge is -2.15. The Kier molecular flexibility index (Phi) is 5.96. The van der Waals surface area contributed by atoms with Crippen LogP contribution in [-0.2, 0) is 12.8 Å². The van der Waals surface area contributed by atoms with Crippen molar-refractivity contribution in [2.24, 2.45) is 0 Å². The smallest absolute Gasteiger partial charge is 0.00192 e. The van der Waals surface area contributed by atoms with Gasteiger partial charge in [-0.3, -0.25) is 0 Å². The second-order valence-electron chi connectivity index (χ2n) is 12.6. The number of rotatable bonds is 4. The molecule has 0 radical (unpaired) electrons. The summed E-state index contributed by atoms with van der Waals surface area (Å²) in [5.41, 5.74) is 6.79. The number of aryl methyl sites for hydroxylation is 1. The van der Waals surface area contributed by atoms with Crippen molar-refractivity contribution < 1.29 is 0 Å². The predicted molar refractivity (Wildman–Crippen MR) is 195 cm³/mol. The average Bonchev–Trinajstić information content (AvgIpc) is 3.09. The first kappa shape index (κ1) is 26.0. The molecule has 0 unspecified atom stereocenters. The van der Waals surface area contributed by atoms with Crippen LogP contribution in [0.15, 0.2) is 152 Å². The Morgan fingerprint density at radius 3 is 1.29 bits per heavy atom. The van der Waals surface area contributed by atoms with E-state index in [-0.39, 0.29) is 0 Å². The minimum Gasteiger partial charge on any atom is -0.0616 e. The molecule has 0 spiro atoms. The summed E-state index contributed by atoms with van der Waals surface area (Å²) in [6, 6.07) is 56.6. The van der Waals surface area contributed by atoms with Crippen LogP contribution < -0.4 is 0 Å². The molecular weight excluding hydrogens is 540 g/mol. The Labute approximate surface area is 263 Å². The fourth-order valence-corrected chi connectivity index (χ4v) is 7.64. The van der Waals surface area contributed by atoms with Crippen LogP contribution in [0.1, 0.15) is 27.8 Å². The van der Waals surface area contributed by atoms with E-state index in [9.17, 15) is 0 Å². The molecule has 0 nitrogen and oxygen atoms in total. The van der Waals surface area contributed by atoms with Crippen molar-refractivity contribution in [3.8, 4) is 0 Å². The fourth-order valence-electron chi connectivity index (χ4n) is 7.64. The number of hydrogen-bond acceptors (Lipinski definition) is 0. The first-order chi connectivity index (χ1) is 22.2. The standard InChI is InChI=1S/C45H32/c1-29-22-32-10-2-5-13-37(32)42-20-18-30(25-44(29)42)24-36-28-34-12-4-7-15-39(34)43-21-19-31(26-45(36)43)23-35-27-33-11-3-6-14-38(33)41-17-9-8-16-40(35)41/h2-22,25-28H,23-24H2,1H3. The molecule has 0 aromatic heterocycles. The van der Waals surface area contributed by atoms with Gasteiger partial charge in [-0.2, -0.15) is 0 Å². The van der Waals surface area contributed by atoms with Gasteiger partial charge in [0.25, 0.3) is 0 Å². The van der Waals surface area contributed by atoms with Crippen LogP contribution in [0.2, 0.25) is 0 Å². The first-order valence-corrected chi connectivity index (χ1v) is 15.9. The number of hydrogen-bond donors (Lipinski definition) is 0. The molecule has 212 valence electrons. The van der Waals surface area contributed by atoms with Crippen molar-refractivity contribution in [1.82, 2.24) is 0 Å². The third-order valence-electron chi connectivity index (χ3n) is 9.79. The minimum atomic E-state index is 0.895. The molecule has 45 heavy (non-hydrogen) atoms. The van der Waals surface area contributed by atoms with Crippen molar-refractivity contribution in [3.63, 3.8) is 0 Å². The maximum atomic E-state index is 2.46. The summed E-state index contributed by atoms with van der Waals surface area (Å²) in [6.07, 6.45) is 1.79. The lowest BCUT2D eigenvalue weighted by molar-refractivity contribution is 1.21. The van der Waals surface area contributed by atoms with Gasteiger partial charge in [0.15, 0.2) is 0 Å². The van der Waals surface area contributed by atoms with Crippen molar-refractivity contribution in [3.05, 3.63) is 179 Å². The van der Waals surface area contributed by atoms with Crippen LogP contribution in [0.4, 0.5) is 0 Å². The zero-order valence-electron chi connectivity index (χ0n) is 25.3. The topological polar surface area (TPSA) is 0 Å². The molecule has 0 atom stereocenters. The Morgan fingerprint density at radius 2 is 0.711 bits per heavy atom. The van der Waals surface area contributed by atoms with E-state index in [1.165, 1.54) is 92.5 Å². The summed E-state index contributed by atoms with van der Waals surface area (Å²) < 4.78 is 0. The molecule has 9 aromatic carbocycles.